The van der Waals surface area contributed by atoms with Crippen LogP contribution in [0.4, 0.5) is 0 Å². The first-order chi connectivity index (χ1) is 1.41. The Morgan fingerprint density at radius 1 is 1.50 bits per heavy atom. The summed E-state index contributed by atoms with van der Waals surface area (Å²) in [6.45, 7) is 1.93. The normalized spacial score (nSPS) is 3.00. The average Bonchev–Trinajstić information content (AvgIpc) is 0.918. The summed E-state index contributed by atoms with van der Waals surface area (Å²) in [6, 6.07) is 0. The van der Waals surface area contributed by atoms with Crippen LogP contribution in [-0.4, -0.2) is 46.7 Å². The van der Waals surface area contributed by atoms with Gasteiger partial charge in [-0.25, -0.2) is 0 Å². The Labute approximate surface area is 74.8 Å². The molecule has 0 atom stereocenters. The summed E-state index contributed by atoms with van der Waals surface area (Å²) in [4.78, 5) is 0. The molecule has 0 aromatic heterocycles. The SMILES string of the molecule is CCO.O.[NaH].[Ti]. The van der Waals surface area contributed by atoms with Gasteiger partial charge in [-0.05, 0) is 6.92 Å². The van der Waals surface area contributed by atoms with Gasteiger partial charge in [0.05, 0.1) is 0 Å². The Kier molecular flexibility index (Phi) is 129. The number of aliphatic hydroxyl groups excluding tert-OH is 1. The van der Waals surface area contributed by atoms with E-state index in [0.717, 1.165) is 0 Å². The maximum absolute atomic E-state index is 7.57. The van der Waals surface area contributed by atoms with Crippen molar-refractivity contribution in [1.82, 2.24) is 0 Å². The number of aliphatic hydroxyl groups is 1. The molecule has 0 spiro atoms. The van der Waals surface area contributed by atoms with Crippen LogP contribution in [-0.2, 0) is 21.7 Å². The molecule has 0 fully saturated rings. The Morgan fingerprint density at radius 2 is 1.50 bits per heavy atom. The molecular weight excluding hydrogens is 127 g/mol. The van der Waals surface area contributed by atoms with Gasteiger partial charge in [0.2, 0.25) is 0 Å². The minimum atomic E-state index is 0. The predicted octanol–water partition coefficient (Wildman–Crippen LogP) is -1.48. The molecule has 0 bridgehead atoms. The van der Waals surface area contributed by atoms with Crippen LogP contribution in [0.1, 0.15) is 6.92 Å². The van der Waals surface area contributed by atoms with Crippen molar-refractivity contribution in [2.45, 2.75) is 6.92 Å². The van der Waals surface area contributed by atoms with E-state index >= 15 is 0 Å². The van der Waals surface area contributed by atoms with Crippen molar-refractivity contribution < 1.29 is 32.3 Å². The molecule has 3 N–H and O–H groups in total. The van der Waals surface area contributed by atoms with Gasteiger partial charge in [0.25, 0.3) is 0 Å². The molecule has 0 aliphatic carbocycles. The summed E-state index contributed by atoms with van der Waals surface area (Å²) in [5.74, 6) is 0. The summed E-state index contributed by atoms with van der Waals surface area (Å²) in [6.07, 6.45) is 0. The quantitative estimate of drug-likeness (QED) is 0.406. The molecule has 0 aliphatic rings. The van der Waals surface area contributed by atoms with Crippen LogP contribution >= 0.6 is 0 Å². The van der Waals surface area contributed by atoms with Crippen LogP contribution in [0.3, 0.4) is 0 Å². The van der Waals surface area contributed by atoms with Gasteiger partial charge in [-0.15, -0.1) is 0 Å². The zero-order chi connectivity index (χ0) is 2.71. The van der Waals surface area contributed by atoms with Crippen molar-refractivity contribution in [1.29, 1.82) is 0 Å². The van der Waals surface area contributed by atoms with Gasteiger partial charge in [0.1, 0.15) is 0 Å². The van der Waals surface area contributed by atoms with Crippen LogP contribution in [0.5, 0.6) is 0 Å². The molecule has 0 aromatic rings. The van der Waals surface area contributed by atoms with Crippen molar-refractivity contribution in [2.24, 2.45) is 0 Å². The van der Waals surface area contributed by atoms with E-state index in [-0.39, 0.29) is 63.4 Å². The maximum Gasteiger partial charge on any atom is 0 e. The van der Waals surface area contributed by atoms with Gasteiger partial charge >= 0.3 is 29.6 Å². The largest absolute Gasteiger partial charge is 0 e. The van der Waals surface area contributed by atoms with Crippen molar-refractivity contribution in [3.8, 4) is 0 Å². The molecule has 0 radical (unpaired) electrons. The molecule has 2 nitrogen and oxygen atoms in total. The van der Waals surface area contributed by atoms with Gasteiger partial charge in [-0.3, -0.25) is 0 Å². The van der Waals surface area contributed by atoms with E-state index in [1.165, 1.54) is 0 Å². The molecule has 4 heteroatoms. The second-order valence-electron chi connectivity index (χ2n) is 0.316. The first-order valence-corrected chi connectivity index (χ1v) is 1.02. The van der Waals surface area contributed by atoms with Crippen LogP contribution in [0, 0.1) is 0 Å². The van der Waals surface area contributed by atoms with Crippen molar-refractivity contribution in [3.05, 3.63) is 0 Å². The minimum Gasteiger partial charge on any atom is 0 e. The van der Waals surface area contributed by atoms with Crippen molar-refractivity contribution >= 4 is 29.6 Å². The van der Waals surface area contributed by atoms with Crippen molar-refractivity contribution in [3.63, 3.8) is 0 Å². The summed E-state index contributed by atoms with van der Waals surface area (Å²) in [5.41, 5.74) is 0. The first-order valence-electron chi connectivity index (χ1n) is 1.02. The predicted molar refractivity (Wildman–Crippen MR) is 23.5 cm³/mol. The number of hydrogen-bond donors (Lipinski definition) is 1. The molecule has 0 amide bonds. The summed E-state index contributed by atoms with van der Waals surface area (Å²) >= 11 is 0. The van der Waals surface area contributed by atoms with Gasteiger partial charge in [0, 0.05) is 28.3 Å². The molecule has 0 aliphatic heterocycles. The van der Waals surface area contributed by atoms with E-state index < -0.39 is 0 Å². The van der Waals surface area contributed by atoms with Crippen molar-refractivity contribution in [2.75, 3.05) is 6.61 Å². The molecule has 0 heterocycles. The van der Waals surface area contributed by atoms with E-state index in [1.807, 2.05) is 0 Å². The zero-order valence-electron chi connectivity index (χ0n) is 3.15. The first kappa shape index (κ1) is 25.4. The van der Waals surface area contributed by atoms with Gasteiger partial charge in [-0.2, -0.15) is 0 Å². The summed E-state index contributed by atoms with van der Waals surface area (Å²) in [7, 11) is 0. The number of rotatable bonds is 0. The standard InChI is InChI=1S/C2H6O.Na.H2O.Ti.H/c1-2-3;;;;/h3H,2H2,1H3;;1H2;;. The third-order valence-electron chi connectivity index (χ3n) is 0. The fourth-order valence-electron chi connectivity index (χ4n) is 0. The molecule has 6 heavy (non-hydrogen) atoms. The third kappa shape index (κ3) is 45.3. The average molecular weight is 136 g/mol. The zero-order valence-corrected chi connectivity index (χ0v) is 4.72. The van der Waals surface area contributed by atoms with Crippen LogP contribution in [0.15, 0.2) is 0 Å². The van der Waals surface area contributed by atoms with Gasteiger partial charge in [-0.1, -0.05) is 0 Å². The Bertz CT molecular complexity index is 11.5. The molecular formula is C2H9NaO2Ti. The van der Waals surface area contributed by atoms with Crippen LogP contribution in [0.25, 0.3) is 0 Å². The molecule has 0 unspecified atom stereocenters. The molecule has 34 valence electrons. The minimum absolute atomic E-state index is 0. The third-order valence-corrected chi connectivity index (χ3v) is 0. The summed E-state index contributed by atoms with van der Waals surface area (Å²) in [5, 5.41) is 7.57. The Balaban J connectivity index is -0.00000000667. The molecule has 0 rings (SSSR count). The molecule has 0 saturated heterocycles. The van der Waals surface area contributed by atoms with Crippen LogP contribution in [0.2, 0.25) is 0 Å². The Hall–Kier alpha value is 1.63. The topological polar surface area (TPSA) is 51.7 Å². The molecule has 0 saturated carbocycles. The van der Waals surface area contributed by atoms with Gasteiger partial charge < -0.3 is 10.6 Å². The van der Waals surface area contributed by atoms with E-state index in [9.17, 15) is 0 Å². The second kappa shape index (κ2) is 30.3. The van der Waals surface area contributed by atoms with Gasteiger partial charge in [0.15, 0.2) is 0 Å². The maximum atomic E-state index is 7.57. The molecule has 0 aromatic carbocycles. The van der Waals surface area contributed by atoms with Crippen LogP contribution < -0.4 is 0 Å². The fraction of sp³-hybridized carbons (Fsp3) is 1.00. The monoisotopic (exact) mass is 136 g/mol. The van der Waals surface area contributed by atoms with E-state index in [4.69, 9.17) is 5.11 Å². The van der Waals surface area contributed by atoms with E-state index in [2.05, 4.69) is 0 Å². The Morgan fingerprint density at radius 3 is 1.50 bits per heavy atom. The van der Waals surface area contributed by atoms with E-state index in [0.29, 0.717) is 0 Å². The summed E-state index contributed by atoms with van der Waals surface area (Å²) < 4.78 is 0. The fourth-order valence-corrected chi connectivity index (χ4v) is 0. The smallest absolute Gasteiger partial charge is 0 e. The second-order valence-corrected chi connectivity index (χ2v) is 0.316. The van der Waals surface area contributed by atoms with E-state index in [1.54, 1.807) is 6.92 Å². The number of hydrogen-bond acceptors (Lipinski definition) is 1.